The van der Waals surface area contributed by atoms with Gasteiger partial charge in [0.2, 0.25) is 0 Å². The monoisotopic (exact) mass is 287 g/mol. The van der Waals surface area contributed by atoms with Crippen molar-refractivity contribution in [3.63, 3.8) is 0 Å². The van der Waals surface area contributed by atoms with Crippen LogP contribution in [0.4, 0.5) is 5.69 Å². The molecule has 0 bridgehead atoms. The van der Waals surface area contributed by atoms with Crippen molar-refractivity contribution >= 4 is 16.6 Å². The third kappa shape index (κ3) is 3.27. The Morgan fingerprint density at radius 3 is 2.81 bits per heavy atom. The molecule has 0 aliphatic carbocycles. The Balaban J connectivity index is 2.47. The van der Waals surface area contributed by atoms with Crippen LogP contribution in [0.25, 0.3) is 10.9 Å². The summed E-state index contributed by atoms with van der Waals surface area (Å²) in [6, 6.07) is 4.44. The largest absolute Gasteiger partial charge is 0.496 e. The first-order valence-electron chi connectivity index (χ1n) is 7.48. The Morgan fingerprint density at radius 2 is 2.14 bits per heavy atom. The summed E-state index contributed by atoms with van der Waals surface area (Å²) in [5.74, 6) is 0.895. The zero-order valence-corrected chi connectivity index (χ0v) is 13.4. The van der Waals surface area contributed by atoms with Crippen LogP contribution in [0, 0.1) is 13.8 Å². The van der Waals surface area contributed by atoms with E-state index < -0.39 is 0 Å². The maximum atomic E-state index is 5.59. The van der Waals surface area contributed by atoms with Gasteiger partial charge in [-0.1, -0.05) is 0 Å². The fourth-order valence-electron chi connectivity index (χ4n) is 2.75. The minimum absolute atomic E-state index is 0.353. The molecule has 1 atom stereocenters. The molecule has 114 valence electrons. The van der Waals surface area contributed by atoms with E-state index in [9.17, 15) is 0 Å². The number of fused-ring (bicyclic) bond motifs is 1. The summed E-state index contributed by atoms with van der Waals surface area (Å²) in [4.78, 5) is 4.57. The van der Waals surface area contributed by atoms with Crippen molar-refractivity contribution in [2.45, 2.75) is 39.7 Å². The molecule has 1 unspecified atom stereocenters. The van der Waals surface area contributed by atoms with Crippen LogP contribution in [0.2, 0.25) is 0 Å². The number of aromatic nitrogens is 1. The van der Waals surface area contributed by atoms with Crippen molar-refractivity contribution in [1.29, 1.82) is 0 Å². The SMILES string of the molecule is COc1cc(NC(C)CCCN)c2nccc(C)c2c1C. The fourth-order valence-corrected chi connectivity index (χ4v) is 2.75. The molecule has 0 radical (unpaired) electrons. The van der Waals surface area contributed by atoms with E-state index in [4.69, 9.17) is 10.5 Å². The number of nitrogens with zero attached hydrogens (tertiary/aromatic N) is 1. The van der Waals surface area contributed by atoms with Crippen molar-refractivity contribution in [3.8, 4) is 5.75 Å². The molecule has 0 saturated heterocycles. The number of nitrogens with one attached hydrogen (secondary N) is 1. The Hall–Kier alpha value is -1.81. The molecule has 4 heteroatoms. The number of aryl methyl sites for hydroxylation is 2. The minimum Gasteiger partial charge on any atom is -0.496 e. The molecule has 1 heterocycles. The summed E-state index contributed by atoms with van der Waals surface area (Å²) < 4.78 is 5.52. The van der Waals surface area contributed by atoms with E-state index in [0.717, 1.165) is 41.9 Å². The normalized spacial score (nSPS) is 12.4. The van der Waals surface area contributed by atoms with Crippen LogP contribution < -0.4 is 15.8 Å². The lowest BCUT2D eigenvalue weighted by atomic mass is 10.0. The highest BCUT2D eigenvalue weighted by Crippen LogP contribution is 2.34. The van der Waals surface area contributed by atoms with E-state index in [1.807, 2.05) is 18.3 Å². The van der Waals surface area contributed by atoms with Gasteiger partial charge in [-0.2, -0.15) is 0 Å². The van der Waals surface area contributed by atoms with Crippen molar-refractivity contribution in [2.75, 3.05) is 19.0 Å². The smallest absolute Gasteiger partial charge is 0.124 e. The summed E-state index contributed by atoms with van der Waals surface area (Å²) >= 11 is 0. The van der Waals surface area contributed by atoms with Crippen LogP contribution in [0.5, 0.6) is 5.75 Å². The summed E-state index contributed by atoms with van der Waals surface area (Å²) in [7, 11) is 1.71. The lowest BCUT2D eigenvalue weighted by Crippen LogP contribution is -2.17. The maximum absolute atomic E-state index is 5.59. The number of benzene rings is 1. The van der Waals surface area contributed by atoms with E-state index >= 15 is 0 Å². The Morgan fingerprint density at radius 1 is 1.38 bits per heavy atom. The second-order valence-corrected chi connectivity index (χ2v) is 5.58. The number of rotatable bonds is 6. The van der Waals surface area contributed by atoms with Crippen molar-refractivity contribution in [2.24, 2.45) is 5.73 Å². The highest BCUT2D eigenvalue weighted by Gasteiger charge is 2.14. The number of pyridine rings is 1. The Labute approximate surface area is 126 Å². The molecule has 0 fully saturated rings. The third-order valence-corrected chi connectivity index (χ3v) is 3.90. The van der Waals surface area contributed by atoms with Crippen LogP contribution >= 0.6 is 0 Å². The minimum atomic E-state index is 0.353. The average Bonchev–Trinajstić information content (AvgIpc) is 2.47. The predicted octanol–water partition coefficient (Wildman–Crippen LogP) is 3.40. The maximum Gasteiger partial charge on any atom is 0.124 e. The van der Waals surface area contributed by atoms with Gasteiger partial charge in [0.25, 0.3) is 0 Å². The number of anilines is 1. The average molecular weight is 287 g/mol. The van der Waals surface area contributed by atoms with Crippen LogP contribution in [-0.2, 0) is 0 Å². The van der Waals surface area contributed by atoms with Gasteiger partial charge in [-0.3, -0.25) is 4.98 Å². The van der Waals surface area contributed by atoms with Gasteiger partial charge < -0.3 is 15.8 Å². The quantitative estimate of drug-likeness (QED) is 0.855. The molecule has 0 saturated carbocycles. The molecule has 1 aromatic heterocycles. The molecule has 0 aliphatic rings. The zero-order valence-electron chi connectivity index (χ0n) is 13.4. The molecule has 4 nitrogen and oxygen atoms in total. The Bertz CT molecular complexity index is 625. The lowest BCUT2D eigenvalue weighted by molar-refractivity contribution is 0.412. The number of hydrogen-bond donors (Lipinski definition) is 2. The molecule has 0 spiro atoms. The summed E-state index contributed by atoms with van der Waals surface area (Å²) in [5.41, 5.74) is 9.98. The highest BCUT2D eigenvalue weighted by molar-refractivity contribution is 5.96. The van der Waals surface area contributed by atoms with E-state index in [0.29, 0.717) is 6.04 Å². The van der Waals surface area contributed by atoms with Gasteiger partial charge in [-0.05, 0) is 51.8 Å². The van der Waals surface area contributed by atoms with Crippen LogP contribution in [0.15, 0.2) is 18.3 Å². The van der Waals surface area contributed by atoms with Crippen LogP contribution in [0.3, 0.4) is 0 Å². The predicted molar refractivity (Wildman–Crippen MR) is 89.1 cm³/mol. The van der Waals surface area contributed by atoms with Crippen molar-refractivity contribution in [3.05, 3.63) is 29.5 Å². The molecule has 2 aromatic rings. The molecule has 2 rings (SSSR count). The molecule has 0 aliphatic heterocycles. The number of nitrogens with two attached hydrogens (primary N) is 1. The lowest BCUT2D eigenvalue weighted by Gasteiger charge is -2.19. The summed E-state index contributed by atoms with van der Waals surface area (Å²) in [6.07, 6.45) is 3.92. The molecule has 21 heavy (non-hydrogen) atoms. The first kappa shape index (κ1) is 15.6. The number of ether oxygens (including phenoxy) is 1. The van der Waals surface area contributed by atoms with Crippen molar-refractivity contribution < 1.29 is 4.74 Å². The second-order valence-electron chi connectivity index (χ2n) is 5.58. The van der Waals surface area contributed by atoms with E-state index in [1.54, 1.807) is 7.11 Å². The standard InChI is InChI=1S/C17H25N3O/c1-11-7-9-19-17-14(20-12(2)6-5-8-18)10-15(21-4)13(3)16(11)17/h7,9-10,12,20H,5-6,8,18H2,1-4H3. The Kier molecular flexibility index (Phi) is 5.02. The summed E-state index contributed by atoms with van der Waals surface area (Å²) in [5, 5.41) is 4.72. The van der Waals surface area contributed by atoms with E-state index in [2.05, 4.69) is 31.1 Å². The third-order valence-electron chi connectivity index (χ3n) is 3.90. The van der Waals surface area contributed by atoms with Gasteiger partial charge in [-0.15, -0.1) is 0 Å². The number of hydrogen-bond acceptors (Lipinski definition) is 4. The molecule has 3 N–H and O–H groups in total. The molecular weight excluding hydrogens is 262 g/mol. The zero-order chi connectivity index (χ0) is 15.4. The van der Waals surface area contributed by atoms with Gasteiger partial charge in [-0.25, -0.2) is 0 Å². The molecule has 1 aromatic carbocycles. The van der Waals surface area contributed by atoms with Gasteiger partial charge in [0, 0.05) is 29.3 Å². The van der Waals surface area contributed by atoms with Gasteiger partial charge in [0.05, 0.1) is 18.3 Å². The molecule has 0 amide bonds. The fraction of sp³-hybridized carbons (Fsp3) is 0.471. The van der Waals surface area contributed by atoms with Gasteiger partial charge in [0.15, 0.2) is 0 Å². The number of methoxy groups -OCH3 is 1. The first-order chi connectivity index (χ1) is 10.1. The highest BCUT2D eigenvalue weighted by atomic mass is 16.5. The van der Waals surface area contributed by atoms with Crippen LogP contribution in [0.1, 0.15) is 30.9 Å². The van der Waals surface area contributed by atoms with Crippen molar-refractivity contribution in [1.82, 2.24) is 4.98 Å². The summed E-state index contributed by atoms with van der Waals surface area (Å²) in [6.45, 7) is 7.08. The molecular formula is C17H25N3O. The van der Waals surface area contributed by atoms with Gasteiger partial charge >= 0.3 is 0 Å². The first-order valence-corrected chi connectivity index (χ1v) is 7.48. The second kappa shape index (κ2) is 6.76. The topological polar surface area (TPSA) is 60.2 Å². The van der Waals surface area contributed by atoms with E-state index in [1.165, 1.54) is 10.9 Å². The van der Waals surface area contributed by atoms with Crippen LogP contribution in [-0.4, -0.2) is 24.7 Å². The van der Waals surface area contributed by atoms with E-state index in [-0.39, 0.29) is 0 Å². The van der Waals surface area contributed by atoms with Gasteiger partial charge in [0.1, 0.15) is 5.75 Å².